The fourth-order valence-electron chi connectivity index (χ4n) is 0.953. The van der Waals surface area contributed by atoms with E-state index in [2.05, 4.69) is 4.74 Å². The van der Waals surface area contributed by atoms with E-state index in [1.807, 2.05) is 18.2 Å². The minimum atomic E-state index is -0.715. The van der Waals surface area contributed by atoms with Crippen molar-refractivity contribution >= 4 is 23.5 Å². The van der Waals surface area contributed by atoms with Crippen molar-refractivity contribution in [1.82, 2.24) is 0 Å². The van der Waals surface area contributed by atoms with Crippen LogP contribution in [-0.4, -0.2) is 17.8 Å². The van der Waals surface area contributed by atoms with E-state index in [1.165, 1.54) is 0 Å². The van der Waals surface area contributed by atoms with E-state index in [0.29, 0.717) is 0 Å². The summed E-state index contributed by atoms with van der Waals surface area (Å²) in [7, 11) is 0. The lowest BCUT2D eigenvalue weighted by molar-refractivity contribution is -0.157. The maximum atomic E-state index is 11.1. The van der Waals surface area contributed by atoms with Gasteiger partial charge in [-0.05, 0) is 5.56 Å². The summed E-state index contributed by atoms with van der Waals surface area (Å²) in [4.78, 5) is 21.7. The summed E-state index contributed by atoms with van der Waals surface area (Å²) in [5, 5.41) is 0. The molecule has 1 rings (SSSR count). The summed E-state index contributed by atoms with van der Waals surface area (Å²) in [6.45, 7) is 0. The molecular formula is C10H9ClO3. The molecule has 1 aromatic carbocycles. The molecule has 0 amide bonds. The molecule has 4 heteroatoms. The maximum absolute atomic E-state index is 11.1. The van der Waals surface area contributed by atoms with E-state index in [0.717, 1.165) is 5.56 Å². The molecule has 0 aliphatic heterocycles. The van der Waals surface area contributed by atoms with E-state index in [-0.39, 0.29) is 12.3 Å². The van der Waals surface area contributed by atoms with Crippen molar-refractivity contribution in [3.8, 4) is 0 Å². The molecule has 0 heterocycles. The molecule has 0 aliphatic carbocycles. The Labute approximate surface area is 86.6 Å². The summed E-state index contributed by atoms with van der Waals surface area (Å²) in [6.07, 6.45) is 0.0868. The number of esters is 2. The maximum Gasteiger partial charge on any atom is 0.328 e. The lowest BCUT2D eigenvalue weighted by atomic mass is 10.2. The van der Waals surface area contributed by atoms with Crippen LogP contribution in [0.5, 0.6) is 0 Å². The molecule has 0 bridgehead atoms. The van der Waals surface area contributed by atoms with Crippen LogP contribution in [0.4, 0.5) is 0 Å². The minimum absolute atomic E-state index is 0.0868. The third kappa shape index (κ3) is 3.58. The molecule has 0 atom stereocenters. The summed E-state index contributed by atoms with van der Waals surface area (Å²) in [5.74, 6) is -1.60. The van der Waals surface area contributed by atoms with E-state index in [4.69, 9.17) is 11.6 Å². The van der Waals surface area contributed by atoms with Crippen molar-refractivity contribution in [2.45, 2.75) is 6.42 Å². The quantitative estimate of drug-likeness (QED) is 0.434. The van der Waals surface area contributed by atoms with Crippen LogP contribution in [0.2, 0.25) is 0 Å². The Morgan fingerprint density at radius 2 is 1.79 bits per heavy atom. The van der Waals surface area contributed by atoms with Crippen LogP contribution in [0.15, 0.2) is 30.3 Å². The Hall–Kier alpha value is -1.35. The highest BCUT2D eigenvalue weighted by atomic mass is 35.5. The van der Waals surface area contributed by atoms with Gasteiger partial charge in [0.05, 0.1) is 6.42 Å². The standard InChI is InChI=1S/C10H9ClO3/c11-7-10(13)14-9(12)6-8-4-2-1-3-5-8/h1-5H,6-7H2. The van der Waals surface area contributed by atoms with Crippen LogP contribution in [0.25, 0.3) is 0 Å². The molecule has 0 radical (unpaired) electrons. The molecule has 0 fully saturated rings. The molecule has 0 spiro atoms. The van der Waals surface area contributed by atoms with Crippen molar-refractivity contribution in [3.05, 3.63) is 35.9 Å². The Morgan fingerprint density at radius 3 is 2.36 bits per heavy atom. The van der Waals surface area contributed by atoms with Crippen LogP contribution in [0.1, 0.15) is 5.56 Å². The average Bonchev–Trinajstić information content (AvgIpc) is 2.19. The minimum Gasteiger partial charge on any atom is -0.392 e. The Balaban J connectivity index is 2.46. The summed E-state index contributed by atoms with van der Waals surface area (Å²) in [5.41, 5.74) is 0.805. The largest absolute Gasteiger partial charge is 0.392 e. The van der Waals surface area contributed by atoms with Gasteiger partial charge in [-0.1, -0.05) is 30.3 Å². The van der Waals surface area contributed by atoms with E-state index < -0.39 is 11.9 Å². The van der Waals surface area contributed by atoms with E-state index >= 15 is 0 Å². The second kappa shape index (κ2) is 5.40. The first kappa shape index (κ1) is 10.7. The van der Waals surface area contributed by atoms with Gasteiger partial charge in [0.2, 0.25) is 0 Å². The number of hydrogen-bond donors (Lipinski definition) is 0. The normalized spacial score (nSPS) is 9.50. The van der Waals surface area contributed by atoms with Crippen molar-refractivity contribution in [3.63, 3.8) is 0 Å². The smallest absolute Gasteiger partial charge is 0.328 e. The summed E-state index contributed by atoms with van der Waals surface area (Å²) < 4.78 is 4.39. The van der Waals surface area contributed by atoms with Crippen LogP contribution >= 0.6 is 11.6 Å². The second-order valence-corrected chi connectivity index (χ2v) is 2.91. The van der Waals surface area contributed by atoms with Crippen molar-refractivity contribution in [2.75, 3.05) is 5.88 Å². The lowest BCUT2D eigenvalue weighted by Gasteiger charge is -2.00. The SMILES string of the molecule is O=C(CCl)OC(=O)Cc1ccccc1. The molecule has 74 valence electrons. The van der Waals surface area contributed by atoms with Crippen LogP contribution < -0.4 is 0 Å². The predicted octanol–water partition coefficient (Wildman–Crippen LogP) is 1.54. The highest BCUT2D eigenvalue weighted by Crippen LogP contribution is 2.01. The zero-order chi connectivity index (χ0) is 10.4. The van der Waals surface area contributed by atoms with Gasteiger partial charge < -0.3 is 4.74 Å². The number of hydrogen-bond acceptors (Lipinski definition) is 3. The van der Waals surface area contributed by atoms with Crippen molar-refractivity contribution < 1.29 is 14.3 Å². The number of carbonyl (C=O) groups is 2. The zero-order valence-electron chi connectivity index (χ0n) is 7.40. The van der Waals surface area contributed by atoms with E-state index in [9.17, 15) is 9.59 Å². The number of alkyl halides is 1. The zero-order valence-corrected chi connectivity index (χ0v) is 8.16. The molecule has 0 saturated heterocycles. The molecule has 0 unspecified atom stereocenters. The van der Waals surface area contributed by atoms with Crippen molar-refractivity contribution in [1.29, 1.82) is 0 Å². The van der Waals surface area contributed by atoms with Gasteiger partial charge >= 0.3 is 11.9 Å². The van der Waals surface area contributed by atoms with Gasteiger partial charge in [0.15, 0.2) is 0 Å². The first-order chi connectivity index (χ1) is 6.72. The molecule has 0 aliphatic rings. The molecule has 1 aromatic rings. The highest BCUT2D eigenvalue weighted by molar-refractivity contribution is 6.27. The summed E-state index contributed by atoms with van der Waals surface area (Å²) >= 11 is 5.17. The van der Waals surface area contributed by atoms with Gasteiger partial charge in [0, 0.05) is 0 Å². The Kier molecular flexibility index (Phi) is 4.13. The average molecular weight is 213 g/mol. The van der Waals surface area contributed by atoms with Gasteiger partial charge in [0.25, 0.3) is 0 Å². The van der Waals surface area contributed by atoms with Gasteiger partial charge in [-0.2, -0.15) is 0 Å². The third-order valence-electron chi connectivity index (χ3n) is 1.53. The topological polar surface area (TPSA) is 43.4 Å². The fraction of sp³-hybridized carbons (Fsp3) is 0.200. The molecule has 0 saturated carbocycles. The van der Waals surface area contributed by atoms with Gasteiger partial charge in [-0.15, -0.1) is 11.6 Å². The highest BCUT2D eigenvalue weighted by Gasteiger charge is 2.09. The van der Waals surface area contributed by atoms with Gasteiger partial charge in [-0.25, -0.2) is 0 Å². The lowest BCUT2D eigenvalue weighted by Crippen LogP contribution is -2.15. The van der Waals surface area contributed by atoms with Crippen LogP contribution in [0.3, 0.4) is 0 Å². The Morgan fingerprint density at radius 1 is 1.14 bits per heavy atom. The van der Waals surface area contributed by atoms with E-state index in [1.54, 1.807) is 12.1 Å². The fourth-order valence-corrected chi connectivity index (χ4v) is 1.01. The first-order valence-electron chi connectivity index (χ1n) is 4.06. The number of rotatable bonds is 3. The number of benzene rings is 1. The Bertz CT molecular complexity index is 321. The third-order valence-corrected chi connectivity index (χ3v) is 1.75. The molecule has 0 N–H and O–H groups in total. The number of carbonyl (C=O) groups excluding carboxylic acids is 2. The molecule has 3 nitrogen and oxygen atoms in total. The predicted molar refractivity (Wildman–Crippen MR) is 52.0 cm³/mol. The number of ether oxygens (including phenoxy) is 1. The molecule has 0 aromatic heterocycles. The summed E-state index contributed by atoms with van der Waals surface area (Å²) in [6, 6.07) is 9.04. The second-order valence-electron chi connectivity index (χ2n) is 2.64. The molecule has 14 heavy (non-hydrogen) atoms. The van der Waals surface area contributed by atoms with Crippen molar-refractivity contribution in [2.24, 2.45) is 0 Å². The van der Waals surface area contributed by atoms with Gasteiger partial charge in [-0.3, -0.25) is 9.59 Å². The molecular weight excluding hydrogens is 204 g/mol. The monoisotopic (exact) mass is 212 g/mol. The number of halogens is 1. The van der Waals surface area contributed by atoms with Gasteiger partial charge in [0.1, 0.15) is 5.88 Å². The van der Waals surface area contributed by atoms with Crippen LogP contribution in [-0.2, 0) is 20.7 Å². The van der Waals surface area contributed by atoms with Crippen LogP contribution in [0, 0.1) is 0 Å². The first-order valence-corrected chi connectivity index (χ1v) is 4.59.